The molecular formula is C22H21FN2O4. The van der Waals surface area contributed by atoms with Gasteiger partial charge >= 0.3 is 5.97 Å². The summed E-state index contributed by atoms with van der Waals surface area (Å²) in [6.07, 6.45) is 3.19. The van der Waals surface area contributed by atoms with Crippen LogP contribution in [0.1, 0.15) is 37.1 Å². The number of esters is 1. The number of carbonyl (C=O) groups excluding carboxylic acids is 1. The number of aromatic nitrogens is 2. The maximum atomic E-state index is 13.3. The SMILES string of the molecule is COc1ccccc1-c1noc(COC(=O)C2(c3ccc(F)cc3)CCCC2)n1. The quantitative estimate of drug-likeness (QED) is 0.574. The van der Waals surface area contributed by atoms with Crippen LogP contribution in [-0.4, -0.2) is 23.2 Å². The number of hydrogen-bond acceptors (Lipinski definition) is 6. The van der Waals surface area contributed by atoms with E-state index in [0.717, 1.165) is 18.4 Å². The van der Waals surface area contributed by atoms with Gasteiger partial charge in [0.15, 0.2) is 6.61 Å². The zero-order valence-corrected chi connectivity index (χ0v) is 16.1. The van der Waals surface area contributed by atoms with Crippen LogP contribution in [-0.2, 0) is 21.6 Å². The number of ether oxygens (including phenoxy) is 2. The largest absolute Gasteiger partial charge is 0.496 e. The molecule has 1 fully saturated rings. The van der Waals surface area contributed by atoms with Crippen molar-refractivity contribution in [1.29, 1.82) is 0 Å². The predicted molar refractivity (Wildman–Crippen MR) is 103 cm³/mol. The summed E-state index contributed by atoms with van der Waals surface area (Å²) in [5.74, 6) is 0.510. The Hall–Kier alpha value is -3.22. The first-order chi connectivity index (χ1) is 14.1. The predicted octanol–water partition coefficient (Wildman–Crippen LogP) is 4.44. The Morgan fingerprint density at radius 2 is 1.86 bits per heavy atom. The average Bonchev–Trinajstić information content (AvgIpc) is 3.43. The van der Waals surface area contributed by atoms with E-state index >= 15 is 0 Å². The van der Waals surface area contributed by atoms with Gasteiger partial charge in [-0.25, -0.2) is 4.39 Å². The second-order valence-electron chi connectivity index (χ2n) is 7.08. The summed E-state index contributed by atoms with van der Waals surface area (Å²) < 4.78 is 29.4. The van der Waals surface area contributed by atoms with Gasteiger partial charge in [0.05, 0.1) is 18.1 Å². The number of nitrogens with zero attached hydrogens (tertiary/aromatic N) is 2. The van der Waals surface area contributed by atoms with Crippen LogP contribution in [0.15, 0.2) is 53.1 Å². The number of methoxy groups -OCH3 is 1. The average molecular weight is 396 g/mol. The Kier molecular flexibility index (Phi) is 5.29. The van der Waals surface area contributed by atoms with Crippen LogP contribution in [0, 0.1) is 5.82 Å². The zero-order valence-electron chi connectivity index (χ0n) is 16.1. The van der Waals surface area contributed by atoms with Crippen LogP contribution < -0.4 is 4.74 Å². The summed E-state index contributed by atoms with van der Waals surface area (Å²) in [6.45, 7) is -0.121. The van der Waals surface area contributed by atoms with Gasteiger partial charge in [0.2, 0.25) is 5.82 Å². The van der Waals surface area contributed by atoms with Crippen molar-refractivity contribution in [3.63, 3.8) is 0 Å². The lowest BCUT2D eigenvalue weighted by Gasteiger charge is -2.26. The second-order valence-corrected chi connectivity index (χ2v) is 7.08. The second kappa shape index (κ2) is 8.03. The number of halogens is 1. The molecule has 0 unspecified atom stereocenters. The summed E-state index contributed by atoms with van der Waals surface area (Å²) in [5.41, 5.74) is 0.718. The van der Waals surface area contributed by atoms with Gasteiger partial charge in [-0.1, -0.05) is 42.3 Å². The van der Waals surface area contributed by atoms with E-state index in [-0.39, 0.29) is 24.3 Å². The number of hydrogen-bond donors (Lipinski definition) is 0. The molecule has 3 aromatic rings. The molecule has 0 spiro atoms. The van der Waals surface area contributed by atoms with Gasteiger partial charge in [-0.15, -0.1) is 0 Å². The topological polar surface area (TPSA) is 74.5 Å². The Morgan fingerprint density at radius 3 is 2.59 bits per heavy atom. The highest BCUT2D eigenvalue weighted by molar-refractivity contribution is 5.83. The Balaban J connectivity index is 1.49. The van der Waals surface area contributed by atoms with Gasteiger partial charge in [0.1, 0.15) is 11.6 Å². The standard InChI is InChI=1S/C22H21FN2O4/c1-27-18-7-3-2-6-17(18)20-24-19(29-25-20)14-28-21(26)22(12-4-5-13-22)15-8-10-16(23)11-9-15/h2-3,6-11H,4-5,12-14H2,1H3. The Bertz CT molecular complexity index is 994. The molecule has 1 aromatic heterocycles. The monoisotopic (exact) mass is 396 g/mol. The van der Waals surface area contributed by atoms with Gasteiger partial charge < -0.3 is 14.0 Å². The molecule has 6 nitrogen and oxygen atoms in total. The van der Waals surface area contributed by atoms with Crippen molar-refractivity contribution in [1.82, 2.24) is 10.1 Å². The Morgan fingerprint density at radius 1 is 1.14 bits per heavy atom. The minimum Gasteiger partial charge on any atom is -0.496 e. The maximum Gasteiger partial charge on any atom is 0.317 e. The van der Waals surface area contributed by atoms with Gasteiger partial charge in [-0.2, -0.15) is 4.98 Å². The van der Waals surface area contributed by atoms with E-state index in [1.165, 1.54) is 12.1 Å². The molecule has 0 atom stereocenters. The van der Waals surface area contributed by atoms with E-state index in [1.807, 2.05) is 18.2 Å². The van der Waals surface area contributed by atoms with Crippen LogP contribution in [0.5, 0.6) is 5.75 Å². The van der Waals surface area contributed by atoms with E-state index in [9.17, 15) is 9.18 Å². The van der Waals surface area contributed by atoms with Crippen LogP contribution in [0.3, 0.4) is 0 Å². The zero-order chi connectivity index (χ0) is 20.3. The van der Waals surface area contributed by atoms with Crippen molar-refractivity contribution in [2.24, 2.45) is 0 Å². The molecule has 4 rings (SSSR count). The molecule has 0 saturated heterocycles. The van der Waals surface area contributed by atoms with Crippen LogP contribution in [0.2, 0.25) is 0 Å². The molecular weight excluding hydrogens is 375 g/mol. The minimum absolute atomic E-state index is 0.121. The van der Waals surface area contributed by atoms with Crippen molar-refractivity contribution < 1.29 is 23.2 Å². The van der Waals surface area contributed by atoms with E-state index in [0.29, 0.717) is 30.0 Å². The highest BCUT2D eigenvalue weighted by Gasteiger charge is 2.44. The van der Waals surface area contributed by atoms with Crippen molar-refractivity contribution in [3.8, 4) is 17.1 Å². The van der Waals surface area contributed by atoms with Gasteiger partial charge in [-0.3, -0.25) is 4.79 Å². The minimum atomic E-state index is -0.751. The first kappa shape index (κ1) is 19.1. The Labute approximate surface area is 167 Å². The lowest BCUT2D eigenvalue weighted by atomic mass is 9.79. The van der Waals surface area contributed by atoms with Crippen molar-refractivity contribution in [3.05, 3.63) is 65.8 Å². The molecule has 0 N–H and O–H groups in total. The molecule has 1 saturated carbocycles. The summed E-state index contributed by atoms with van der Waals surface area (Å²) in [4.78, 5) is 17.3. The van der Waals surface area contributed by atoms with E-state index in [1.54, 1.807) is 25.3 Å². The van der Waals surface area contributed by atoms with Gasteiger partial charge in [0, 0.05) is 0 Å². The third-order valence-electron chi connectivity index (χ3n) is 5.39. The number of para-hydroxylation sites is 1. The molecule has 29 heavy (non-hydrogen) atoms. The summed E-state index contributed by atoms with van der Waals surface area (Å²) in [6, 6.07) is 13.4. The van der Waals surface area contributed by atoms with E-state index in [4.69, 9.17) is 14.0 Å². The van der Waals surface area contributed by atoms with Crippen molar-refractivity contribution >= 4 is 5.97 Å². The normalized spacial score (nSPS) is 15.2. The van der Waals surface area contributed by atoms with Crippen LogP contribution in [0.4, 0.5) is 4.39 Å². The lowest BCUT2D eigenvalue weighted by Crippen LogP contribution is -2.34. The number of rotatable bonds is 6. The lowest BCUT2D eigenvalue weighted by molar-refractivity contribution is -0.152. The smallest absolute Gasteiger partial charge is 0.317 e. The van der Waals surface area contributed by atoms with Crippen LogP contribution >= 0.6 is 0 Å². The summed E-state index contributed by atoms with van der Waals surface area (Å²) >= 11 is 0. The molecule has 7 heteroatoms. The summed E-state index contributed by atoms with van der Waals surface area (Å²) in [7, 11) is 1.57. The fraction of sp³-hybridized carbons (Fsp3) is 0.318. The van der Waals surface area contributed by atoms with Gasteiger partial charge in [-0.05, 0) is 42.7 Å². The maximum absolute atomic E-state index is 13.3. The third-order valence-corrected chi connectivity index (χ3v) is 5.39. The highest BCUT2D eigenvalue weighted by Crippen LogP contribution is 2.42. The molecule has 1 aliphatic carbocycles. The molecule has 0 aliphatic heterocycles. The molecule has 2 aromatic carbocycles. The summed E-state index contributed by atoms with van der Waals surface area (Å²) in [5, 5.41) is 3.96. The number of carbonyl (C=O) groups is 1. The van der Waals surface area contributed by atoms with Crippen molar-refractivity contribution in [2.75, 3.05) is 7.11 Å². The van der Waals surface area contributed by atoms with Gasteiger partial charge in [0.25, 0.3) is 5.89 Å². The van der Waals surface area contributed by atoms with Crippen LogP contribution in [0.25, 0.3) is 11.4 Å². The van der Waals surface area contributed by atoms with E-state index < -0.39 is 5.41 Å². The molecule has 1 aliphatic rings. The molecule has 0 bridgehead atoms. The highest BCUT2D eigenvalue weighted by atomic mass is 19.1. The fourth-order valence-corrected chi connectivity index (χ4v) is 3.88. The first-order valence-electron chi connectivity index (χ1n) is 9.52. The number of benzene rings is 2. The third kappa shape index (κ3) is 3.72. The van der Waals surface area contributed by atoms with Crippen molar-refractivity contribution in [2.45, 2.75) is 37.7 Å². The molecule has 1 heterocycles. The van der Waals surface area contributed by atoms with E-state index in [2.05, 4.69) is 10.1 Å². The molecule has 0 radical (unpaired) electrons. The first-order valence-corrected chi connectivity index (χ1v) is 9.52. The molecule has 150 valence electrons. The fourth-order valence-electron chi connectivity index (χ4n) is 3.88. The molecule has 0 amide bonds.